The molecule has 1 unspecified atom stereocenters. The van der Waals surface area contributed by atoms with Crippen LogP contribution in [0.15, 0.2) is 46.9 Å². The molecule has 0 aliphatic rings. The van der Waals surface area contributed by atoms with Crippen LogP contribution in [0, 0.1) is 12.7 Å². The van der Waals surface area contributed by atoms with E-state index in [2.05, 4.69) is 46.4 Å². The lowest BCUT2D eigenvalue weighted by molar-refractivity contribution is 0.554. The Morgan fingerprint density at radius 2 is 2.00 bits per heavy atom. The summed E-state index contributed by atoms with van der Waals surface area (Å²) in [6.45, 7) is 2.07. The molecule has 0 bridgehead atoms. The van der Waals surface area contributed by atoms with Crippen LogP contribution in [0.3, 0.4) is 0 Å². The fourth-order valence-electron chi connectivity index (χ4n) is 2.18. The van der Waals surface area contributed by atoms with Crippen molar-refractivity contribution in [2.75, 3.05) is 7.05 Å². The number of nitrogens with one attached hydrogen (secondary N) is 1. The lowest BCUT2D eigenvalue weighted by atomic mass is 9.97. The molecule has 1 nitrogen and oxygen atoms in total. The van der Waals surface area contributed by atoms with Crippen molar-refractivity contribution < 1.29 is 4.39 Å². The van der Waals surface area contributed by atoms with E-state index in [4.69, 9.17) is 0 Å². The third-order valence-electron chi connectivity index (χ3n) is 3.23. The molecule has 0 saturated heterocycles. The molecule has 3 heteroatoms. The maximum absolute atomic E-state index is 13.9. The summed E-state index contributed by atoms with van der Waals surface area (Å²) in [6.07, 6.45) is 0.638. The van der Waals surface area contributed by atoms with Crippen molar-refractivity contribution in [3.05, 3.63) is 69.4 Å². The Morgan fingerprint density at radius 3 is 2.63 bits per heavy atom. The number of aryl methyl sites for hydroxylation is 1. The highest BCUT2D eigenvalue weighted by Crippen LogP contribution is 2.22. The molecule has 0 amide bonds. The second-order valence-corrected chi connectivity index (χ2v) is 5.61. The molecule has 2 aromatic carbocycles. The Balaban J connectivity index is 2.24. The number of hydrogen-bond donors (Lipinski definition) is 1. The predicted molar refractivity (Wildman–Crippen MR) is 80.8 cm³/mol. The zero-order valence-electron chi connectivity index (χ0n) is 11.1. The van der Waals surface area contributed by atoms with Gasteiger partial charge in [0.1, 0.15) is 5.82 Å². The highest BCUT2D eigenvalue weighted by atomic mass is 79.9. The van der Waals surface area contributed by atoms with E-state index >= 15 is 0 Å². The molecule has 100 valence electrons. The van der Waals surface area contributed by atoms with Gasteiger partial charge >= 0.3 is 0 Å². The van der Waals surface area contributed by atoms with E-state index < -0.39 is 0 Å². The SMILES string of the molecule is CNC(Cc1ccc(Br)cc1F)c1cccc(C)c1. The van der Waals surface area contributed by atoms with Crippen LogP contribution in [0.2, 0.25) is 0 Å². The van der Waals surface area contributed by atoms with E-state index in [0.717, 1.165) is 10.0 Å². The molecule has 0 aliphatic carbocycles. The van der Waals surface area contributed by atoms with E-state index in [1.165, 1.54) is 17.2 Å². The Labute approximate surface area is 122 Å². The molecule has 0 heterocycles. The van der Waals surface area contributed by atoms with Crippen molar-refractivity contribution in [1.29, 1.82) is 0 Å². The van der Waals surface area contributed by atoms with Gasteiger partial charge in [-0.1, -0.05) is 51.8 Å². The normalized spacial score (nSPS) is 12.4. The van der Waals surface area contributed by atoms with E-state index in [9.17, 15) is 4.39 Å². The standard InChI is InChI=1S/C16H17BrFN/c1-11-4-3-5-13(8-11)16(19-2)9-12-6-7-14(17)10-15(12)18/h3-8,10,16,19H,9H2,1-2H3. The van der Waals surface area contributed by atoms with E-state index in [-0.39, 0.29) is 11.9 Å². The van der Waals surface area contributed by atoms with Crippen LogP contribution in [0.1, 0.15) is 22.7 Å². The first-order chi connectivity index (χ1) is 9.10. The Hall–Kier alpha value is -1.19. The van der Waals surface area contributed by atoms with Gasteiger partial charge in [-0.3, -0.25) is 0 Å². The molecule has 0 fully saturated rings. The minimum atomic E-state index is -0.165. The van der Waals surface area contributed by atoms with Crippen LogP contribution in [0.4, 0.5) is 4.39 Å². The predicted octanol–water partition coefficient (Wildman–Crippen LogP) is 4.40. The van der Waals surface area contributed by atoms with Gasteiger partial charge in [-0.15, -0.1) is 0 Å². The first kappa shape index (κ1) is 14.2. The van der Waals surface area contributed by atoms with Gasteiger partial charge in [-0.05, 0) is 43.7 Å². The zero-order valence-corrected chi connectivity index (χ0v) is 12.7. The molecular weight excluding hydrogens is 305 g/mol. The summed E-state index contributed by atoms with van der Waals surface area (Å²) >= 11 is 3.28. The van der Waals surface area contributed by atoms with Crippen molar-refractivity contribution in [1.82, 2.24) is 5.32 Å². The van der Waals surface area contributed by atoms with Gasteiger partial charge in [0.25, 0.3) is 0 Å². The summed E-state index contributed by atoms with van der Waals surface area (Å²) < 4.78 is 14.7. The minimum absolute atomic E-state index is 0.121. The Kier molecular flexibility index (Phi) is 4.72. The van der Waals surface area contributed by atoms with Gasteiger partial charge < -0.3 is 5.32 Å². The lowest BCUT2D eigenvalue weighted by Gasteiger charge is -2.18. The van der Waals surface area contributed by atoms with E-state index in [0.29, 0.717) is 6.42 Å². The summed E-state index contributed by atoms with van der Waals surface area (Å²) in [5.74, 6) is -0.165. The van der Waals surface area contributed by atoms with Gasteiger partial charge in [0.2, 0.25) is 0 Å². The van der Waals surface area contributed by atoms with E-state index in [1.54, 1.807) is 0 Å². The Bertz CT molecular complexity index is 568. The van der Waals surface area contributed by atoms with Gasteiger partial charge in [0.15, 0.2) is 0 Å². The Morgan fingerprint density at radius 1 is 1.21 bits per heavy atom. The number of halogens is 2. The number of benzene rings is 2. The number of hydrogen-bond acceptors (Lipinski definition) is 1. The molecule has 2 aromatic rings. The molecule has 1 N–H and O–H groups in total. The largest absolute Gasteiger partial charge is 0.313 e. The monoisotopic (exact) mass is 321 g/mol. The first-order valence-electron chi connectivity index (χ1n) is 6.28. The van der Waals surface area contributed by atoms with Crippen LogP contribution >= 0.6 is 15.9 Å². The van der Waals surface area contributed by atoms with Gasteiger partial charge in [0.05, 0.1) is 0 Å². The van der Waals surface area contributed by atoms with Gasteiger partial charge in [0, 0.05) is 10.5 Å². The van der Waals surface area contributed by atoms with Crippen LogP contribution in [-0.2, 0) is 6.42 Å². The third-order valence-corrected chi connectivity index (χ3v) is 3.73. The van der Waals surface area contributed by atoms with Crippen molar-refractivity contribution in [3.8, 4) is 0 Å². The lowest BCUT2D eigenvalue weighted by Crippen LogP contribution is -2.19. The molecule has 1 atom stereocenters. The molecule has 0 spiro atoms. The second kappa shape index (κ2) is 6.31. The summed E-state index contributed by atoms with van der Waals surface area (Å²) in [6, 6.07) is 13.7. The molecule has 0 radical (unpaired) electrons. The third kappa shape index (κ3) is 3.64. The smallest absolute Gasteiger partial charge is 0.127 e. The molecule has 0 aliphatic heterocycles. The summed E-state index contributed by atoms with van der Waals surface area (Å²) in [5, 5.41) is 3.26. The zero-order chi connectivity index (χ0) is 13.8. The topological polar surface area (TPSA) is 12.0 Å². The van der Waals surface area contributed by atoms with Crippen LogP contribution < -0.4 is 5.32 Å². The number of rotatable bonds is 4. The van der Waals surface area contributed by atoms with Crippen molar-refractivity contribution in [3.63, 3.8) is 0 Å². The van der Waals surface area contributed by atoms with E-state index in [1.807, 2.05) is 25.2 Å². The maximum atomic E-state index is 13.9. The van der Waals surface area contributed by atoms with Crippen LogP contribution in [0.25, 0.3) is 0 Å². The first-order valence-corrected chi connectivity index (χ1v) is 7.07. The van der Waals surface area contributed by atoms with Crippen LogP contribution in [-0.4, -0.2) is 7.05 Å². The molecule has 0 aromatic heterocycles. The minimum Gasteiger partial charge on any atom is -0.313 e. The van der Waals surface area contributed by atoms with Gasteiger partial charge in [-0.25, -0.2) is 4.39 Å². The van der Waals surface area contributed by atoms with Crippen molar-refractivity contribution in [2.24, 2.45) is 0 Å². The van der Waals surface area contributed by atoms with Gasteiger partial charge in [-0.2, -0.15) is 0 Å². The van der Waals surface area contributed by atoms with Crippen molar-refractivity contribution in [2.45, 2.75) is 19.4 Å². The highest BCUT2D eigenvalue weighted by Gasteiger charge is 2.13. The second-order valence-electron chi connectivity index (χ2n) is 4.70. The summed E-state index contributed by atoms with van der Waals surface area (Å²) in [4.78, 5) is 0. The quantitative estimate of drug-likeness (QED) is 0.880. The maximum Gasteiger partial charge on any atom is 0.127 e. The highest BCUT2D eigenvalue weighted by molar-refractivity contribution is 9.10. The number of likely N-dealkylation sites (N-methyl/N-ethyl adjacent to an activating group) is 1. The average Bonchev–Trinajstić information content (AvgIpc) is 2.38. The molecule has 19 heavy (non-hydrogen) atoms. The fraction of sp³-hybridized carbons (Fsp3) is 0.250. The molecule has 0 saturated carbocycles. The fourth-order valence-corrected chi connectivity index (χ4v) is 2.51. The summed E-state index contributed by atoms with van der Waals surface area (Å²) in [7, 11) is 1.91. The molecular formula is C16H17BrFN. The van der Waals surface area contributed by atoms with Crippen LogP contribution in [0.5, 0.6) is 0 Å². The summed E-state index contributed by atoms with van der Waals surface area (Å²) in [5.41, 5.74) is 3.13. The average molecular weight is 322 g/mol. The molecule has 2 rings (SSSR count). The van der Waals surface area contributed by atoms with Crippen molar-refractivity contribution >= 4 is 15.9 Å².